The molecular weight excluding hydrogens is 580 g/mol. The van der Waals surface area contributed by atoms with Crippen LogP contribution in [-0.2, 0) is 33.6 Å². The van der Waals surface area contributed by atoms with Gasteiger partial charge in [0.05, 0.1) is 19.1 Å². The van der Waals surface area contributed by atoms with E-state index in [0.717, 1.165) is 6.92 Å². The second kappa shape index (κ2) is 18.7. The van der Waals surface area contributed by atoms with Crippen LogP contribution in [0.15, 0.2) is 0 Å². The topological polar surface area (TPSA) is 289 Å². The minimum Gasteiger partial charge on any atom is -0.480 e. The third-order valence-corrected chi connectivity index (χ3v) is 7.03. The molecule has 6 atom stereocenters. The second-order valence-electron chi connectivity index (χ2n) is 11.3. The summed E-state index contributed by atoms with van der Waals surface area (Å²) in [5.41, 5.74) is 16.2. The molecule has 0 spiro atoms. The molecule has 0 aromatic carbocycles. The lowest BCUT2D eigenvalue weighted by Crippen LogP contribution is -2.59. The summed E-state index contributed by atoms with van der Waals surface area (Å²) in [6.45, 7) is 5.07. The summed E-state index contributed by atoms with van der Waals surface area (Å²) in [6.07, 6.45) is 0.0119. The van der Waals surface area contributed by atoms with Crippen LogP contribution >= 0.6 is 0 Å². The van der Waals surface area contributed by atoms with Crippen LogP contribution < -0.4 is 38.5 Å². The number of carboxylic acid groups (broad SMARTS) is 1. The van der Waals surface area contributed by atoms with E-state index in [-0.39, 0.29) is 38.3 Å². The van der Waals surface area contributed by atoms with Crippen molar-refractivity contribution in [2.75, 3.05) is 19.6 Å². The molecule has 1 aliphatic heterocycles. The third kappa shape index (κ3) is 12.4. The average molecular weight is 629 g/mol. The zero-order chi connectivity index (χ0) is 33.6. The first kappa shape index (κ1) is 38.2. The Morgan fingerprint density at radius 1 is 0.886 bits per heavy atom. The van der Waals surface area contributed by atoms with Crippen molar-refractivity contribution in [1.82, 2.24) is 26.2 Å². The number of hydrogen-bond acceptors (Lipinski definition) is 10. The maximum Gasteiger partial charge on any atom is 0.328 e. The van der Waals surface area contributed by atoms with Crippen molar-refractivity contribution in [3.63, 3.8) is 0 Å². The Hall–Kier alpha value is -3.83. The summed E-state index contributed by atoms with van der Waals surface area (Å²) in [5, 5.41) is 28.7. The Morgan fingerprint density at radius 3 is 2.05 bits per heavy atom. The van der Waals surface area contributed by atoms with Gasteiger partial charge in [-0.05, 0) is 57.9 Å². The van der Waals surface area contributed by atoms with Crippen molar-refractivity contribution in [2.45, 2.75) is 102 Å². The summed E-state index contributed by atoms with van der Waals surface area (Å²) in [6, 6.07) is -6.38. The molecule has 0 saturated carbocycles. The molecule has 17 nitrogen and oxygen atoms in total. The van der Waals surface area contributed by atoms with Gasteiger partial charge >= 0.3 is 5.97 Å². The van der Waals surface area contributed by atoms with Crippen molar-refractivity contribution < 1.29 is 43.8 Å². The highest BCUT2D eigenvalue weighted by atomic mass is 16.4. The molecule has 6 amide bonds. The van der Waals surface area contributed by atoms with E-state index in [0.29, 0.717) is 25.8 Å². The normalized spacial score (nSPS) is 18.0. The molecule has 0 aliphatic carbocycles. The van der Waals surface area contributed by atoms with Gasteiger partial charge in [-0.2, -0.15) is 0 Å². The molecule has 0 radical (unpaired) electrons. The summed E-state index contributed by atoms with van der Waals surface area (Å²) < 4.78 is 0. The number of amides is 6. The lowest BCUT2D eigenvalue weighted by molar-refractivity contribution is -0.146. The first-order valence-corrected chi connectivity index (χ1v) is 14.7. The Morgan fingerprint density at radius 2 is 1.52 bits per heavy atom. The molecular formula is C27H48N8O9. The van der Waals surface area contributed by atoms with Gasteiger partial charge in [-0.25, -0.2) is 4.79 Å². The van der Waals surface area contributed by atoms with Crippen LogP contribution in [0.1, 0.15) is 65.7 Å². The predicted molar refractivity (Wildman–Crippen MR) is 157 cm³/mol. The van der Waals surface area contributed by atoms with E-state index < -0.39 is 84.1 Å². The van der Waals surface area contributed by atoms with E-state index in [1.165, 1.54) is 4.90 Å². The minimum absolute atomic E-state index is 0.0267. The average Bonchev–Trinajstić information content (AvgIpc) is 3.43. The van der Waals surface area contributed by atoms with Crippen LogP contribution in [0.2, 0.25) is 0 Å². The molecule has 44 heavy (non-hydrogen) atoms. The SMILES string of the molecule is CC(C)C[C@H](NC(=O)CN)C(=O)N[C@@H](CCCCN)C(=O)N1CCC[C@H]1C(=O)N[C@@H](CC(N)=O)C(=O)N[C@H](C(=O)O)[C@@H](C)O. The van der Waals surface area contributed by atoms with Gasteiger partial charge in [0.15, 0.2) is 6.04 Å². The number of nitrogens with two attached hydrogens (primary N) is 3. The first-order chi connectivity index (χ1) is 20.6. The number of likely N-dealkylation sites (tertiary alicyclic amines) is 1. The van der Waals surface area contributed by atoms with Crippen molar-refractivity contribution in [3.05, 3.63) is 0 Å². The van der Waals surface area contributed by atoms with Gasteiger partial charge in [-0.3, -0.25) is 28.8 Å². The molecule has 1 rings (SSSR count). The Kier molecular flexibility index (Phi) is 16.3. The number of unbranched alkanes of at least 4 members (excludes halogenated alkanes) is 1. The van der Waals surface area contributed by atoms with Gasteiger partial charge < -0.3 is 53.6 Å². The van der Waals surface area contributed by atoms with E-state index >= 15 is 0 Å². The highest BCUT2D eigenvalue weighted by Crippen LogP contribution is 2.21. The van der Waals surface area contributed by atoms with E-state index in [1.807, 2.05) is 13.8 Å². The maximum atomic E-state index is 13.8. The van der Waals surface area contributed by atoms with Gasteiger partial charge in [-0.15, -0.1) is 0 Å². The molecule has 0 aromatic heterocycles. The molecule has 1 heterocycles. The van der Waals surface area contributed by atoms with Gasteiger partial charge in [-0.1, -0.05) is 13.8 Å². The largest absolute Gasteiger partial charge is 0.480 e. The highest BCUT2D eigenvalue weighted by Gasteiger charge is 2.40. The molecule has 17 heteroatoms. The number of carbonyl (C=O) groups is 7. The van der Waals surface area contributed by atoms with Crippen molar-refractivity contribution in [2.24, 2.45) is 23.1 Å². The smallest absolute Gasteiger partial charge is 0.328 e. The molecule has 0 aromatic rings. The van der Waals surface area contributed by atoms with Gasteiger partial charge in [0.1, 0.15) is 24.2 Å². The van der Waals surface area contributed by atoms with E-state index in [4.69, 9.17) is 17.2 Å². The molecule has 1 aliphatic rings. The third-order valence-electron chi connectivity index (χ3n) is 7.03. The summed E-state index contributed by atoms with van der Waals surface area (Å²) in [7, 11) is 0. The highest BCUT2D eigenvalue weighted by molar-refractivity contribution is 5.97. The van der Waals surface area contributed by atoms with Gasteiger partial charge in [0.25, 0.3) is 0 Å². The second-order valence-corrected chi connectivity index (χ2v) is 11.3. The van der Waals surface area contributed by atoms with Crippen LogP contribution in [0.3, 0.4) is 0 Å². The van der Waals surface area contributed by atoms with Crippen LogP contribution in [-0.4, -0.2) is 112 Å². The van der Waals surface area contributed by atoms with Crippen molar-refractivity contribution in [3.8, 4) is 0 Å². The number of nitrogens with zero attached hydrogens (tertiary/aromatic N) is 1. The van der Waals surface area contributed by atoms with Gasteiger partial charge in [0.2, 0.25) is 35.4 Å². The number of carbonyl (C=O) groups excluding carboxylic acids is 6. The quantitative estimate of drug-likeness (QED) is 0.0629. The van der Waals surface area contributed by atoms with E-state index in [1.54, 1.807) is 0 Å². The zero-order valence-corrected chi connectivity index (χ0v) is 25.5. The van der Waals surface area contributed by atoms with Crippen LogP contribution in [0.4, 0.5) is 0 Å². The molecule has 0 unspecified atom stereocenters. The van der Waals surface area contributed by atoms with Crippen LogP contribution in [0.25, 0.3) is 0 Å². The summed E-state index contributed by atoms with van der Waals surface area (Å²) in [5.74, 6) is -6.01. The molecule has 250 valence electrons. The molecule has 0 bridgehead atoms. The van der Waals surface area contributed by atoms with Crippen molar-refractivity contribution in [1.29, 1.82) is 0 Å². The fourth-order valence-electron chi connectivity index (χ4n) is 4.80. The summed E-state index contributed by atoms with van der Waals surface area (Å²) in [4.78, 5) is 89.4. The molecule has 1 fully saturated rings. The van der Waals surface area contributed by atoms with Gasteiger partial charge in [0, 0.05) is 6.54 Å². The number of aliphatic carboxylic acids is 1. The summed E-state index contributed by atoms with van der Waals surface area (Å²) >= 11 is 0. The Bertz CT molecular complexity index is 1040. The lowest BCUT2D eigenvalue weighted by atomic mass is 10.0. The predicted octanol–water partition coefficient (Wildman–Crippen LogP) is -3.61. The number of aliphatic hydroxyl groups is 1. The minimum atomic E-state index is -1.72. The fourth-order valence-corrected chi connectivity index (χ4v) is 4.80. The maximum absolute atomic E-state index is 13.8. The standard InChI is InChI=1S/C27H48N8O9/c1-14(2)11-17(31-21(38)13-29)23(39)32-16(7-4-5-9-28)26(42)35-10-6-8-19(35)25(41)33-18(12-20(30)37)24(40)34-22(15(3)36)27(43)44/h14-19,22,36H,4-13,28-29H2,1-3H3,(H2,30,37)(H,31,38)(H,32,39)(H,33,41)(H,34,40)(H,43,44)/t15-,16+,17+,18+,19+,22+/m1/s1. The fraction of sp³-hybridized carbons (Fsp3) is 0.741. The monoisotopic (exact) mass is 628 g/mol. The number of nitrogens with one attached hydrogen (secondary N) is 4. The number of hydrogen-bond donors (Lipinski definition) is 9. The van der Waals surface area contributed by atoms with Crippen molar-refractivity contribution >= 4 is 41.4 Å². The Labute approximate surface area is 256 Å². The number of rotatable bonds is 19. The van der Waals surface area contributed by atoms with Crippen LogP contribution in [0.5, 0.6) is 0 Å². The van der Waals surface area contributed by atoms with E-state index in [2.05, 4.69) is 21.3 Å². The molecule has 12 N–H and O–H groups in total. The zero-order valence-electron chi connectivity index (χ0n) is 25.5. The van der Waals surface area contributed by atoms with E-state index in [9.17, 15) is 43.8 Å². The van der Waals surface area contributed by atoms with Crippen LogP contribution in [0, 0.1) is 5.92 Å². The molecule has 1 saturated heterocycles. The first-order valence-electron chi connectivity index (χ1n) is 14.7. The number of aliphatic hydroxyl groups excluding tert-OH is 1. The lowest BCUT2D eigenvalue weighted by Gasteiger charge is -2.31. The number of primary amides is 1. The Balaban J connectivity index is 3.17. The number of carboxylic acids is 1.